The summed E-state index contributed by atoms with van der Waals surface area (Å²) in [6.07, 6.45) is 1.57. The maximum absolute atomic E-state index is 14.1. The lowest BCUT2D eigenvalue weighted by molar-refractivity contribution is 0.195. The van der Waals surface area contributed by atoms with Crippen molar-refractivity contribution in [2.24, 2.45) is 0 Å². The van der Waals surface area contributed by atoms with Crippen molar-refractivity contribution in [3.8, 4) is 22.7 Å². The van der Waals surface area contributed by atoms with Gasteiger partial charge in [0.25, 0.3) is 0 Å². The summed E-state index contributed by atoms with van der Waals surface area (Å²) in [5.74, 6) is 0.0482. The minimum absolute atomic E-state index is 0.0482. The highest BCUT2D eigenvalue weighted by molar-refractivity contribution is 7.72. The molecule has 0 radical (unpaired) electrons. The first-order valence-corrected chi connectivity index (χ1v) is 16.1. The molecule has 0 aliphatic carbocycles. The number of rotatable bonds is 14. The lowest BCUT2D eigenvalue weighted by atomic mass is 10.0. The van der Waals surface area contributed by atoms with Crippen LogP contribution in [-0.2, 0) is 33.6 Å². The Kier molecular flexibility index (Phi) is 10.5. The first kappa shape index (κ1) is 30.3. The number of hydrogen-bond donors (Lipinski definition) is 1. The van der Waals surface area contributed by atoms with Crippen molar-refractivity contribution in [1.29, 1.82) is 0 Å². The molecule has 1 heterocycles. The molecule has 3 aromatic rings. The van der Waals surface area contributed by atoms with E-state index >= 15 is 0 Å². The molecule has 0 atom stereocenters. The third kappa shape index (κ3) is 6.66. The smallest absolute Gasteiger partial charge is 0.346 e. The molecule has 1 aromatic heterocycles. The van der Waals surface area contributed by atoms with E-state index in [9.17, 15) is 14.2 Å². The fourth-order valence-electron chi connectivity index (χ4n) is 4.49. The molecule has 0 amide bonds. The normalized spacial score (nSPS) is 12.4. The zero-order valence-electron chi connectivity index (χ0n) is 22.9. The van der Waals surface area contributed by atoms with Gasteiger partial charge in [-0.1, -0.05) is 18.2 Å². The molecule has 0 fully saturated rings. The van der Waals surface area contributed by atoms with Gasteiger partial charge in [0.05, 0.1) is 44.0 Å². The predicted molar refractivity (Wildman–Crippen MR) is 149 cm³/mol. The van der Waals surface area contributed by atoms with Crippen LogP contribution in [0.1, 0.15) is 44.4 Å². The predicted octanol–water partition coefficient (Wildman–Crippen LogP) is 7.26. The molecule has 0 bridgehead atoms. The van der Waals surface area contributed by atoms with Crippen molar-refractivity contribution >= 4 is 15.2 Å². The van der Waals surface area contributed by atoms with Crippen molar-refractivity contribution < 1.29 is 32.3 Å². The second kappa shape index (κ2) is 13.2. The van der Waals surface area contributed by atoms with Crippen LogP contribution in [0, 0.1) is 13.8 Å². The summed E-state index contributed by atoms with van der Waals surface area (Å²) in [5.41, 5.74) is 4.55. The summed E-state index contributed by atoms with van der Waals surface area (Å²) >= 11 is 0. The van der Waals surface area contributed by atoms with Crippen LogP contribution in [0.25, 0.3) is 16.9 Å². The highest BCUT2D eigenvalue weighted by atomic mass is 31.2. The van der Waals surface area contributed by atoms with E-state index in [1.165, 1.54) is 0 Å². The molecule has 9 nitrogen and oxygen atoms in total. The Hall–Kier alpha value is -2.25. The minimum Gasteiger partial charge on any atom is -0.507 e. The van der Waals surface area contributed by atoms with Gasteiger partial charge in [-0.3, -0.25) is 9.13 Å². The monoisotopic (exact) mass is 564 g/mol. The van der Waals surface area contributed by atoms with Crippen molar-refractivity contribution in [3.63, 3.8) is 0 Å². The van der Waals surface area contributed by atoms with Crippen molar-refractivity contribution in [3.05, 3.63) is 65.4 Å². The fourth-order valence-corrected chi connectivity index (χ4v) is 9.80. The molecule has 0 spiro atoms. The van der Waals surface area contributed by atoms with E-state index in [0.717, 1.165) is 16.8 Å². The Bertz CT molecular complexity index is 1250. The molecule has 11 heteroatoms. The zero-order chi connectivity index (χ0) is 27.9. The SMILES string of the molecule is CCOP(=O)(OCC)C(Cc1cnn(-c2cc(C)cc(C)c2)c1-c1ccccc1O)P(=O)(OCC)OCC. The summed E-state index contributed by atoms with van der Waals surface area (Å²) in [5, 5.41) is 14.2. The third-order valence-corrected chi connectivity index (χ3v) is 11.8. The van der Waals surface area contributed by atoms with Gasteiger partial charge in [0.1, 0.15) is 5.75 Å². The number of aromatic nitrogens is 2. The van der Waals surface area contributed by atoms with Gasteiger partial charge in [0.15, 0.2) is 5.40 Å². The molecule has 0 saturated heterocycles. The van der Waals surface area contributed by atoms with Crippen LogP contribution in [0.3, 0.4) is 0 Å². The first-order chi connectivity index (χ1) is 18.1. The average molecular weight is 565 g/mol. The topological polar surface area (TPSA) is 109 Å². The minimum atomic E-state index is -3.99. The van der Waals surface area contributed by atoms with E-state index in [-0.39, 0.29) is 38.6 Å². The van der Waals surface area contributed by atoms with E-state index < -0.39 is 20.6 Å². The van der Waals surface area contributed by atoms with Crippen LogP contribution >= 0.6 is 15.2 Å². The lowest BCUT2D eigenvalue weighted by Crippen LogP contribution is -2.20. The van der Waals surface area contributed by atoms with Crippen LogP contribution in [0.2, 0.25) is 0 Å². The summed E-state index contributed by atoms with van der Waals surface area (Å²) in [6, 6.07) is 12.9. The number of nitrogens with zero attached hydrogens (tertiary/aromatic N) is 2. The van der Waals surface area contributed by atoms with Crippen LogP contribution in [0.4, 0.5) is 0 Å². The molecule has 208 valence electrons. The molecule has 0 aliphatic heterocycles. The third-order valence-electron chi connectivity index (χ3n) is 5.82. The van der Waals surface area contributed by atoms with Gasteiger partial charge in [-0.25, -0.2) is 4.68 Å². The molecule has 2 aromatic carbocycles. The first-order valence-electron chi connectivity index (χ1n) is 12.8. The number of para-hydroxylation sites is 1. The molecule has 3 rings (SSSR count). The number of phenolic OH excluding ortho intramolecular Hbond substituents is 1. The standard InChI is InChI=1S/C27H38N2O7P2/c1-7-33-37(31,34-8-2)26(38(32,35-9-3)36-10-4)18-22-19-28-29(23-16-20(5)15-21(6)17-23)27(22)24-13-11-12-14-25(24)30/h11-17,19,26,30H,7-10,18H2,1-6H3. The molecule has 0 aliphatic rings. The van der Waals surface area contributed by atoms with E-state index in [4.69, 9.17) is 18.1 Å². The highest BCUT2D eigenvalue weighted by Gasteiger charge is 2.51. The zero-order valence-corrected chi connectivity index (χ0v) is 24.7. The Morgan fingerprint density at radius 1 is 0.842 bits per heavy atom. The molecule has 0 unspecified atom stereocenters. The fraction of sp³-hybridized carbons (Fsp3) is 0.444. The number of benzene rings is 2. The Labute approximate surface area is 225 Å². The second-order valence-corrected chi connectivity index (χ2v) is 13.6. The number of aromatic hydroxyl groups is 1. The number of phenols is 1. The summed E-state index contributed by atoms with van der Waals surface area (Å²) in [7, 11) is -7.98. The van der Waals surface area contributed by atoms with Crippen LogP contribution < -0.4 is 0 Å². The van der Waals surface area contributed by atoms with Crippen LogP contribution in [-0.4, -0.2) is 46.7 Å². The van der Waals surface area contributed by atoms with Crippen molar-refractivity contribution in [2.75, 3.05) is 26.4 Å². The van der Waals surface area contributed by atoms with Gasteiger partial charge < -0.3 is 23.2 Å². The lowest BCUT2D eigenvalue weighted by Gasteiger charge is -2.31. The molecule has 1 N–H and O–H groups in total. The van der Waals surface area contributed by atoms with Gasteiger partial charge in [-0.05, 0) is 76.9 Å². The van der Waals surface area contributed by atoms with E-state index in [0.29, 0.717) is 16.8 Å². The quantitative estimate of drug-likeness (QED) is 0.204. The van der Waals surface area contributed by atoms with Gasteiger partial charge in [0, 0.05) is 17.5 Å². The van der Waals surface area contributed by atoms with Crippen molar-refractivity contribution in [2.45, 2.75) is 53.4 Å². The Morgan fingerprint density at radius 3 is 1.82 bits per heavy atom. The molecular weight excluding hydrogens is 526 g/mol. The second-order valence-electron chi connectivity index (χ2n) is 8.73. The summed E-state index contributed by atoms with van der Waals surface area (Å²) < 4.78 is 52.6. The largest absolute Gasteiger partial charge is 0.507 e. The maximum atomic E-state index is 14.1. The van der Waals surface area contributed by atoms with Crippen LogP contribution in [0.15, 0.2) is 48.7 Å². The van der Waals surface area contributed by atoms with Crippen LogP contribution in [0.5, 0.6) is 5.75 Å². The maximum Gasteiger partial charge on any atom is 0.346 e. The average Bonchev–Trinajstić information content (AvgIpc) is 3.26. The van der Waals surface area contributed by atoms with E-state index in [1.54, 1.807) is 56.8 Å². The molecular formula is C27H38N2O7P2. The van der Waals surface area contributed by atoms with Gasteiger partial charge in [-0.15, -0.1) is 0 Å². The Balaban J connectivity index is 2.28. The van der Waals surface area contributed by atoms with E-state index in [2.05, 4.69) is 11.2 Å². The molecule has 0 saturated carbocycles. The number of hydrogen-bond acceptors (Lipinski definition) is 8. The summed E-state index contributed by atoms with van der Waals surface area (Å²) in [6.45, 7) is 11.1. The van der Waals surface area contributed by atoms with Gasteiger partial charge in [0.2, 0.25) is 0 Å². The number of aryl methyl sites for hydroxylation is 2. The van der Waals surface area contributed by atoms with Gasteiger partial charge in [-0.2, -0.15) is 5.10 Å². The Morgan fingerprint density at radius 2 is 1.34 bits per heavy atom. The van der Waals surface area contributed by atoms with E-state index in [1.807, 2.05) is 32.0 Å². The summed E-state index contributed by atoms with van der Waals surface area (Å²) in [4.78, 5) is 0. The van der Waals surface area contributed by atoms with Gasteiger partial charge >= 0.3 is 15.2 Å². The van der Waals surface area contributed by atoms with Crippen molar-refractivity contribution in [1.82, 2.24) is 9.78 Å². The highest BCUT2D eigenvalue weighted by Crippen LogP contribution is 2.71. The molecule has 38 heavy (non-hydrogen) atoms.